The number of rotatable bonds is 14. The maximum absolute atomic E-state index is 13.4. The predicted molar refractivity (Wildman–Crippen MR) is 160 cm³/mol. The Morgan fingerprint density at radius 1 is 1.03 bits per heavy atom. The molecule has 1 aliphatic carbocycles. The van der Waals surface area contributed by atoms with E-state index < -0.39 is 0 Å². The van der Waals surface area contributed by atoms with Gasteiger partial charge in [-0.3, -0.25) is 14.4 Å². The van der Waals surface area contributed by atoms with E-state index in [1.165, 1.54) is 32.1 Å². The lowest BCUT2D eigenvalue weighted by Gasteiger charge is -2.32. The quantitative estimate of drug-likeness (QED) is 0.287. The van der Waals surface area contributed by atoms with Gasteiger partial charge in [-0.15, -0.1) is 0 Å². The second-order valence-corrected chi connectivity index (χ2v) is 12.8. The van der Waals surface area contributed by atoms with Gasteiger partial charge in [0.2, 0.25) is 5.91 Å². The highest BCUT2D eigenvalue weighted by Gasteiger charge is 2.29. The molecule has 0 saturated heterocycles. The van der Waals surface area contributed by atoms with Gasteiger partial charge in [0, 0.05) is 48.8 Å². The number of hydrogen-bond acceptors (Lipinski definition) is 4. The number of amides is 3. The van der Waals surface area contributed by atoms with Gasteiger partial charge in [0.25, 0.3) is 11.8 Å². The minimum Gasteiger partial charge on any atom is -0.356 e. The van der Waals surface area contributed by atoms with Gasteiger partial charge >= 0.3 is 0 Å². The van der Waals surface area contributed by atoms with Crippen molar-refractivity contribution in [1.82, 2.24) is 15.5 Å². The van der Waals surface area contributed by atoms with Crippen LogP contribution in [-0.4, -0.2) is 54.3 Å². The van der Waals surface area contributed by atoms with Crippen molar-refractivity contribution in [3.63, 3.8) is 0 Å². The molecule has 0 spiro atoms. The van der Waals surface area contributed by atoms with E-state index in [-0.39, 0.29) is 41.1 Å². The molecule has 3 amide bonds. The second-order valence-electron chi connectivity index (χ2n) is 12.8. The lowest BCUT2D eigenvalue weighted by atomic mass is 9.83. The van der Waals surface area contributed by atoms with E-state index in [2.05, 4.69) is 45.3 Å². The Morgan fingerprint density at radius 3 is 2.23 bits per heavy atom. The maximum Gasteiger partial charge on any atom is 0.253 e. The van der Waals surface area contributed by atoms with Crippen molar-refractivity contribution >= 4 is 17.7 Å². The average Bonchev–Trinajstić information content (AvgIpc) is 2.90. The third kappa shape index (κ3) is 11.3. The molecule has 1 aromatic carbocycles. The van der Waals surface area contributed by atoms with Gasteiger partial charge in [0.05, 0.1) is 0 Å². The molecular formula is C32H54N4O3. The van der Waals surface area contributed by atoms with Crippen LogP contribution in [0.4, 0.5) is 0 Å². The summed E-state index contributed by atoms with van der Waals surface area (Å²) in [7, 11) is 0. The van der Waals surface area contributed by atoms with Gasteiger partial charge in [-0.05, 0) is 68.1 Å². The van der Waals surface area contributed by atoms with E-state index in [0.717, 1.165) is 19.4 Å². The van der Waals surface area contributed by atoms with Gasteiger partial charge in [0.1, 0.15) is 0 Å². The molecule has 2 rings (SSSR count). The summed E-state index contributed by atoms with van der Waals surface area (Å²) in [6.45, 7) is 14.5. The van der Waals surface area contributed by atoms with Crippen LogP contribution >= 0.6 is 0 Å². The van der Waals surface area contributed by atoms with Crippen molar-refractivity contribution in [2.75, 3.05) is 19.6 Å². The SMILES string of the molecule is CCCN(CCC)C(=O)c1cccc(C(=O)N[C@@H](CC(C)(C)C)[C@@H](N)C[C@@H](C)C(=O)NCC2CCCCC2)c1. The number of nitrogens with zero attached hydrogens (tertiary/aromatic N) is 1. The normalized spacial score (nSPS) is 16.7. The zero-order valence-corrected chi connectivity index (χ0v) is 25.4. The standard InChI is InChI=1S/C32H54N4O3/c1-7-17-36(18-8-2)31(39)26-16-12-15-25(20-26)30(38)35-28(21-32(4,5)6)27(33)19-23(3)29(37)34-22-24-13-10-9-11-14-24/h12,15-16,20,23-24,27-28H,7-11,13-14,17-19,21-22,33H2,1-6H3,(H,34,37)(H,35,38)/t23-,27+,28+/m1/s1. The first-order chi connectivity index (χ1) is 18.4. The van der Waals surface area contributed by atoms with E-state index in [0.29, 0.717) is 43.0 Å². The average molecular weight is 543 g/mol. The molecule has 0 bridgehead atoms. The fourth-order valence-electron chi connectivity index (χ4n) is 5.54. The fraction of sp³-hybridized carbons (Fsp3) is 0.719. The fourth-order valence-corrected chi connectivity index (χ4v) is 5.54. The van der Waals surface area contributed by atoms with Crippen LogP contribution in [0.25, 0.3) is 0 Å². The topological polar surface area (TPSA) is 105 Å². The first kappa shape index (κ1) is 32.8. The summed E-state index contributed by atoms with van der Waals surface area (Å²) < 4.78 is 0. The Morgan fingerprint density at radius 2 is 1.64 bits per heavy atom. The number of hydrogen-bond donors (Lipinski definition) is 3. The third-order valence-electron chi connectivity index (χ3n) is 7.67. The minimum atomic E-state index is -0.377. The number of carbonyl (C=O) groups excluding carboxylic acids is 3. The van der Waals surface area contributed by atoms with Gasteiger partial charge in [-0.1, -0.05) is 66.9 Å². The summed E-state index contributed by atoms with van der Waals surface area (Å²) in [4.78, 5) is 41.1. The van der Waals surface area contributed by atoms with Crippen LogP contribution in [0.1, 0.15) is 120 Å². The first-order valence-electron chi connectivity index (χ1n) is 15.2. The molecule has 1 aliphatic rings. The van der Waals surface area contributed by atoms with E-state index in [1.807, 2.05) is 11.8 Å². The lowest BCUT2D eigenvalue weighted by Crippen LogP contribution is -2.51. The highest BCUT2D eigenvalue weighted by atomic mass is 16.2. The van der Waals surface area contributed by atoms with Crippen LogP contribution in [0.3, 0.4) is 0 Å². The Hall–Kier alpha value is -2.41. The molecule has 4 N–H and O–H groups in total. The molecule has 0 radical (unpaired) electrons. The van der Waals surface area contributed by atoms with Crippen molar-refractivity contribution in [2.24, 2.45) is 23.0 Å². The number of benzene rings is 1. The Kier molecular flexibility index (Phi) is 13.5. The van der Waals surface area contributed by atoms with Gasteiger partial charge in [-0.25, -0.2) is 0 Å². The summed E-state index contributed by atoms with van der Waals surface area (Å²) in [6.07, 6.45) is 9.11. The summed E-state index contributed by atoms with van der Waals surface area (Å²) in [5.41, 5.74) is 7.55. The molecule has 1 fully saturated rings. The Labute approximate surface area is 237 Å². The largest absolute Gasteiger partial charge is 0.356 e. The van der Waals surface area contributed by atoms with E-state index in [9.17, 15) is 14.4 Å². The van der Waals surface area contributed by atoms with Gasteiger partial charge in [-0.2, -0.15) is 0 Å². The second kappa shape index (κ2) is 16.0. The zero-order valence-electron chi connectivity index (χ0n) is 25.4. The van der Waals surface area contributed by atoms with Crippen molar-refractivity contribution < 1.29 is 14.4 Å². The minimum absolute atomic E-state index is 0.0341. The summed E-state index contributed by atoms with van der Waals surface area (Å²) in [6, 6.07) is 6.26. The molecule has 0 aliphatic heterocycles. The zero-order chi connectivity index (χ0) is 29.0. The molecule has 3 atom stereocenters. The van der Waals surface area contributed by atoms with Crippen LogP contribution in [0.5, 0.6) is 0 Å². The Balaban J connectivity index is 2.07. The van der Waals surface area contributed by atoms with Crippen LogP contribution < -0.4 is 16.4 Å². The molecule has 39 heavy (non-hydrogen) atoms. The van der Waals surface area contributed by atoms with Crippen molar-refractivity contribution in [3.05, 3.63) is 35.4 Å². The smallest absolute Gasteiger partial charge is 0.253 e. The summed E-state index contributed by atoms with van der Waals surface area (Å²) >= 11 is 0. The molecule has 7 heteroatoms. The number of nitrogens with two attached hydrogens (primary N) is 1. The maximum atomic E-state index is 13.4. The first-order valence-corrected chi connectivity index (χ1v) is 15.2. The summed E-state index contributed by atoms with van der Waals surface area (Å²) in [5, 5.41) is 6.28. The van der Waals surface area contributed by atoms with Crippen molar-refractivity contribution in [2.45, 2.75) is 111 Å². The molecule has 0 unspecified atom stereocenters. The molecule has 220 valence electrons. The molecule has 0 aromatic heterocycles. The highest BCUT2D eigenvalue weighted by Crippen LogP contribution is 2.25. The molecular weight excluding hydrogens is 488 g/mol. The molecule has 7 nitrogen and oxygen atoms in total. The third-order valence-corrected chi connectivity index (χ3v) is 7.67. The van der Waals surface area contributed by atoms with Crippen LogP contribution in [0.15, 0.2) is 24.3 Å². The highest BCUT2D eigenvalue weighted by molar-refractivity contribution is 5.99. The molecule has 0 heterocycles. The van der Waals surface area contributed by atoms with E-state index in [1.54, 1.807) is 24.3 Å². The lowest BCUT2D eigenvalue weighted by molar-refractivity contribution is -0.125. The van der Waals surface area contributed by atoms with Crippen molar-refractivity contribution in [3.8, 4) is 0 Å². The molecule has 1 aromatic rings. The van der Waals surface area contributed by atoms with E-state index >= 15 is 0 Å². The van der Waals surface area contributed by atoms with E-state index in [4.69, 9.17) is 5.73 Å². The van der Waals surface area contributed by atoms with Crippen LogP contribution in [0, 0.1) is 17.3 Å². The predicted octanol–water partition coefficient (Wildman–Crippen LogP) is 5.53. The Bertz CT molecular complexity index is 914. The van der Waals surface area contributed by atoms with Crippen molar-refractivity contribution in [1.29, 1.82) is 0 Å². The monoisotopic (exact) mass is 542 g/mol. The number of nitrogens with one attached hydrogen (secondary N) is 2. The summed E-state index contributed by atoms with van der Waals surface area (Å²) in [5.74, 6) is 0.0691. The molecule has 1 saturated carbocycles. The van der Waals surface area contributed by atoms with Crippen LogP contribution in [0.2, 0.25) is 0 Å². The number of carbonyl (C=O) groups is 3. The van der Waals surface area contributed by atoms with Gasteiger partial charge < -0.3 is 21.3 Å². The van der Waals surface area contributed by atoms with Gasteiger partial charge in [0.15, 0.2) is 0 Å². The van der Waals surface area contributed by atoms with Crippen LogP contribution in [-0.2, 0) is 4.79 Å².